The van der Waals surface area contributed by atoms with Gasteiger partial charge >= 0.3 is 0 Å². The van der Waals surface area contributed by atoms with Gasteiger partial charge in [0.05, 0.1) is 20.6 Å². The van der Waals surface area contributed by atoms with Crippen molar-refractivity contribution < 1.29 is 13.6 Å². The molecule has 0 radical (unpaired) electrons. The number of hydrogen-bond acceptors (Lipinski definition) is 3. The van der Waals surface area contributed by atoms with Crippen LogP contribution in [0.15, 0.2) is 22.1 Å². The largest absolute Gasteiger partial charge is 0.293 e. The van der Waals surface area contributed by atoms with E-state index in [1.165, 1.54) is 22.9 Å². The minimum absolute atomic E-state index is 0.146. The number of carbonyl (C=O) groups is 1. The monoisotopic (exact) mass is 331 g/mol. The number of benzene rings is 1. The Labute approximate surface area is 115 Å². The molecule has 94 valence electrons. The van der Waals surface area contributed by atoms with Crippen molar-refractivity contribution in [2.24, 2.45) is 0 Å². The molecule has 0 bridgehead atoms. The predicted molar refractivity (Wildman–Crippen MR) is 68.9 cm³/mol. The van der Waals surface area contributed by atoms with Crippen LogP contribution in [0.3, 0.4) is 0 Å². The van der Waals surface area contributed by atoms with E-state index in [4.69, 9.17) is 0 Å². The third kappa shape index (κ3) is 2.49. The van der Waals surface area contributed by atoms with Crippen LogP contribution in [0.25, 0.3) is 0 Å². The lowest BCUT2D eigenvalue weighted by Gasteiger charge is -2.05. The topological polar surface area (TPSA) is 30.0 Å². The average molecular weight is 332 g/mol. The van der Waals surface area contributed by atoms with Crippen molar-refractivity contribution in [2.45, 2.75) is 13.3 Å². The number of halogens is 3. The van der Waals surface area contributed by atoms with E-state index in [9.17, 15) is 13.6 Å². The molecule has 1 heterocycles. The summed E-state index contributed by atoms with van der Waals surface area (Å²) in [5.41, 5.74) is 1.90. The van der Waals surface area contributed by atoms with Crippen LogP contribution in [0.5, 0.6) is 0 Å². The summed E-state index contributed by atoms with van der Waals surface area (Å²) in [6.45, 7) is 1.69. The van der Waals surface area contributed by atoms with Crippen LogP contribution in [0.2, 0.25) is 0 Å². The number of aryl methyl sites for hydroxylation is 1. The maximum atomic E-state index is 13.7. The molecule has 0 spiro atoms. The lowest BCUT2D eigenvalue weighted by Crippen LogP contribution is -2.07. The Morgan fingerprint density at radius 1 is 1.44 bits per heavy atom. The number of nitrogens with zero attached hydrogens (tertiary/aromatic N) is 1. The van der Waals surface area contributed by atoms with Gasteiger partial charge in [-0.1, -0.05) is 0 Å². The predicted octanol–water partition coefficient (Wildman–Crippen LogP) is 3.92. The number of thiazole rings is 1. The SMILES string of the molecule is Cc1ncsc1C(=O)Cc1c(F)ccc(Br)c1F. The maximum absolute atomic E-state index is 13.7. The van der Waals surface area contributed by atoms with Gasteiger partial charge < -0.3 is 0 Å². The molecule has 2 aromatic rings. The molecule has 0 fully saturated rings. The molecule has 0 unspecified atom stereocenters. The summed E-state index contributed by atoms with van der Waals surface area (Å²) in [6.07, 6.45) is -0.305. The van der Waals surface area contributed by atoms with Gasteiger partial charge in [-0.2, -0.15) is 0 Å². The van der Waals surface area contributed by atoms with Crippen LogP contribution < -0.4 is 0 Å². The fourth-order valence-corrected chi connectivity index (χ4v) is 2.66. The fourth-order valence-electron chi connectivity index (χ4n) is 1.54. The van der Waals surface area contributed by atoms with Gasteiger partial charge in [0.25, 0.3) is 0 Å². The first-order chi connectivity index (χ1) is 8.50. The Morgan fingerprint density at radius 2 is 2.17 bits per heavy atom. The van der Waals surface area contributed by atoms with Crippen molar-refractivity contribution >= 4 is 33.0 Å². The van der Waals surface area contributed by atoms with E-state index in [-0.39, 0.29) is 22.2 Å². The van der Waals surface area contributed by atoms with Crippen LogP contribution in [0.1, 0.15) is 20.9 Å². The van der Waals surface area contributed by atoms with Crippen molar-refractivity contribution in [2.75, 3.05) is 0 Å². The molecule has 0 aliphatic carbocycles. The normalized spacial score (nSPS) is 10.7. The first-order valence-electron chi connectivity index (χ1n) is 5.06. The molecule has 0 atom stereocenters. The van der Waals surface area contributed by atoms with E-state index in [0.29, 0.717) is 10.6 Å². The van der Waals surface area contributed by atoms with Gasteiger partial charge in [-0.3, -0.25) is 4.79 Å². The molecule has 1 aromatic heterocycles. The van der Waals surface area contributed by atoms with Gasteiger partial charge in [0.15, 0.2) is 5.78 Å². The van der Waals surface area contributed by atoms with Gasteiger partial charge in [-0.15, -0.1) is 11.3 Å². The van der Waals surface area contributed by atoms with E-state index in [0.717, 1.165) is 6.07 Å². The van der Waals surface area contributed by atoms with Crippen molar-refractivity contribution in [1.29, 1.82) is 0 Å². The Balaban J connectivity index is 2.33. The Bertz CT molecular complexity index is 612. The number of rotatable bonds is 3. The zero-order chi connectivity index (χ0) is 13.3. The Morgan fingerprint density at radius 3 is 2.78 bits per heavy atom. The Kier molecular flexibility index (Phi) is 3.87. The highest BCUT2D eigenvalue weighted by Crippen LogP contribution is 2.24. The van der Waals surface area contributed by atoms with Crippen LogP contribution in [0.4, 0.5) is 8.78 Å². The second kappa shape index (κ2) is 5.24. The summed E-state index contributed by atoms with van der Waals surface area (Å²) in [6, 6.07) is 2.41. The molecule has 0 saturated heterocycles. The van der Waals surface area contributed by atoms with Crippen LogP contribution in [-0.2, 0) is 6.42 Å². The molecule has 1 aromatic carbocycles. The van der Waals surface area contributed by atoms with Crippen molar-refractivity contribution in [3.8, 4) is 0 Å². The number of carbonyl (C=O) groups excluding carboxylic acids is 1. The lowest BCUT2D eigenvalue weighted by molar-refractivity contribution is 0.0993. The molecule has 0 saturated carbocycles. The summed E-state index contributed by atoms with van der Waals surface area (Å²) in [5.74, 6) is -1.78. The van der Waals surface area contributed by atoms with Crippen LogP contribution >= 0.6 is 27.3 Å². The number of aromatic nitrogens is 1. The quantitative estimate of drug-likeness (QED) is 0.630. The summed E-state index contributed by atoms with van der Waals surface area (Å²) in [5, 5.41) is 0. The molecule has 18 heavy (non-hydrogen) atoms. The average Bonchev–Trinajstić information content (AvgIpc) is 2.76. The van der Waals surface area contributed by atoms with Gasteiger partial charge in [-0.05, 0) is 35.0 Å². The van der Waals surface area contributed by atoms with Crippen LogP contribution in [0, 0.1) is 18.6 Å². The molecule has 0 amide bonds. The molecular formula is C12H8BrF2NOS. The van der Waals surface area contributed by atoms with E-state index >= 15 is 0 Å². The fraction of sp³-hybridized carbons (Fsp3) is 0.167. The summed E-state index contributed by atoms with van der Waals surface area (Å²) < 4.78 is 27.4. The van der Waals surface area contributed by atoms with E-state index in [1.807, 2.05) is 0 Å². The molecule has 2 rings (SSSR count). The number of Topliss-reactive ketones (excluding diaryl/α,β-unsaturated/α-hetero) is 1. The summed E-state index contributed by atoms with van der Waals surface area (Å²) in [4.78, 5) is 16.3. The summed E-state index contributed by atoms with van der Waals surface area (Å²) in [7, 11) is 0. The van der Waals surface area contributed by atoms with Gasteiger partial charge in [0.1, 0.15) is 11.6 Å². The first-order valence-corrected chi connectivity index (χ1v) is 6.73. The molecule has 2 nitrogen and oxygen atoms in total. The standard InChI is InChI=1S/C12H8BrF2NOS/c1-6-12(18-5-16-6)10(17)4-7-9(14)3-2-8(13)11(7)15/h2-3,5H,4H2,1H3. The third-order valence-corrected chi connectivity index (χ3v) is 4.06. The zero-order valence-corrected chi connectivity index (χ0v) is 11.7. The molecule has 6 heteroatoms. The first kappa shape index (κ1) is 13.3. The van der Waals surface area contributed by atoms with Crippen molar-refractivity contribution in [3.05, 3.63) is 49.9 Å². The maximum Gasteiger partial charge on any atom is 0.179 e. The number of hydrogen-bond donors (Lipinski definition) is 0. The van der Waals surface area contributed by atoms with E-state index in [2.05, 4.69) is 20.9 Å². The number of ketones is 1. The van der Waals surface area contributed by atoms with Gasteiger partial charge in [0.2, 0.25) is 0 Å². The van der Waals surface area contributed by atoms with Crippen molar-refractivity contribution in [1.82, 2.24) is 4.98 Å². The smallest absolute Gasteiger partial charge is 0.179 e. The molecule has 0 N–H and O–H groups in total. The molecular weight excluding hydrogens is 324 g/mol. The highest BCUT2D eigenvalue weighted by atomic mass is 79.9. The second-order valence-electron chi connectivity index (χ2n) is 3.69. The second-order valence-corrected chi connectivity index (χ2v) is 5.40. The van der Waals surface area contributed by atoms with Gasteiger partial charge in [-0.25, -0.2) is 13.8 Å². The van der Waals surface area contributed by atoms with Gasteiger partial charge in [0, 0.05) is 12.0 Å². The highest BCUT2D eigenvalue weighted by Gasteiger charge is 2.19. The minimum atomic E-state index is -0.731. The summed E-state index contributed by atoms with van der Waals surface area (Å²) >= 11 is 4.15. The highest BCUT2D eigenvalue weighted by molar-refractivity contribution is 9.10. The molecule has 0 aliphatic heterocycles. The zero-order valence-electron chi connectivity index (χ0n) is 9.34. The third-order valence-electron chi connectivity index (χ3n) is 2.48. The lowest BCUT2D eigenvalue weighted by atomic mass is 10.1. The Hall–Kier alpha value is -1.14. The van der Waals surface area contributed by atoms with Crippen LogP contribution in [-0.4, -0.2) is 10.8 Å². The minimum Gasteiger partial charge on any atom is -0.293 e. The van der Waals surface area contributed by atoms with Crippen molar-refractivity contribution in [3.63, 3.8) is 0 Å². The van der Waals surface area contributed by atoms with E-state index < -0.39 is 11.6 Å². The van der Waals surface area contributed by atoms with E-state index in [1.54, 1.807) is 6.92 Å². The molecule has 0 aliphatic rings.